The largest absolute Gasteiger partial charge is 0.417 e. The summed E-state index contributed by atoms with van der Waals surface area (Å²) in [6.07, 6.45) is -1.51. The highest BCUT2D eigenvalue weighted by Crippen LogP contribution is 2.31. The van der Waals surface area contributed by atoms with Crippen LogP contribution in [-0.4, -0.2) is 47.0 Å². The first-order valence-electron chi connectivity index (χ1n) is 9.83. The third kappa shape index (κ3) is 4.24. The van der Waals surface area contributed by atoms with Crippen molar-refractivity contribution in [3.63, 3.8) is 0 Å². The minimum absolute atomic E-state index is 0.0294. The Bertz CT molecular complexity index is 1110. The molecule has 168 valence electrons. The van der Waals surface area contributed by atoms with E-state index >= 15 is 0 Å². The summed E-state index contributed by atoms with van der Waals surface area (Å²) in [5.41, 5.74) is 7.00. The van der Waals surface area contributed by atoms with Crippen molar-refractivity contribution < 1.29 is 22.7 Å². The van der Waals surface area contributed by atoms with Crippen molar-refractivity contribution in [3.05, 3.63) is 59.9 Å². The zero-order valence-corrected chi connectivity index (χ0v) is 17.1. The molecule has 1 aromatic carbocycles. The fraction of sp³-hybridized carbons (Fsp3) is 0.286. The van der Waals surface area contributed by atoms with Gasteiger partial charge in [-0.1, -0.05) is 12.1 Å². The zero-order chi connectivity index (χ0) is 22.9. The minimum atomic E-state index is -4.51. The number of methoxy groups -OCH3 is 1. The standard InChI is InChI=1S/C21H21F3N6O2/c1-32-14-8-9-29(12-14)16-4-2-3-5-17(16)30-19(25)15(11-27-30)20(31)28-18-7-6-13(10-26-18)21(22,23)24/h2-7,10-11,14H,8-9,12,25H2,1H3,(H,26,28,31). The molecule has 3 N–H and O–H groups in total. The van der Waals surface area contributed by atoms with Crippen molar-refractivity contribution >= 4 is 23.2 Å². The minimum Gasteiger partial charge on any atom is -0.383 e. The molecule has 2 aromatic heterocycles. The number of alkyl halides is 3. The summed E-state index contributed by atoms with van der Waals surface area (Å²) in [6.45, 7) is 1.53. The summed E-state index contributed by atoms with van der Waals surface area (Å²) in [4.78, 5) is 18.5. The van der Waals surface area contributed by atoms with Gasteiger partial charge in [-0.3, -0.25) is 4.79 Å². The Hall–Kier alpha value is -3.60. The third-order valence-electron chi connectivity index (χ3n) is 5.31. The average molecular weight is 446 g/mol. The Morgan fingerprint density at radius 1 is 1.19 bits per heavy atom. The number of hydrogen-bond acceptors (Lipinski definition) is 6. The maximum Gasteiger partial charge on any atom is 0.417 e. The zero-order valence-electron chi connectivity index (χ0n) is 17.1. The molecule has 0 bridgehead atoms. The van der Waals surface area contributed by atoms with Crippen molar-refractivity contribution in [3.8, 4) is 5.69 Å². The van der Waals surface area contributed by atoms with Gasteiger partial charge < -0.3 is 20.7 Å². The van der Waals surface area contributed by atoms with Crippen molar-refractivity contribution in [2.75, 3.05) is 36.1 Å². The number of hydrogen-bond donors (Lipinski definition) is 2. The molecular weight excluding hydrogens is 425 g/mol. The Morgan fingerprint density at radius 2 is 1.94 bits per heavy atom. The number of pyridine rings is 1. The molecule has 1 amide bonds. The van der Waals surface area contributed by atoms with Crippen LogP contribution >= 0.6 is 0 Å². The van der Waals surface area contributed by atoms with Gasteiger partial charge in [-0.2, -0.15) is 18.3 Å². The van der Waals surface area contributed by atoms with Gasteiger partial charge in [-0.15, -0.1) is 0 Å². The van der Waals surface area contributed by atoms with Crippen molar-refractivity contribution in [1.82, 2.24) is 14.8 Å². The van der Waals surface area contributed by atoms with Crippen LogP contribution in [-0.2, 0) is 10.9 Å². The van der Waals surface area contributed by atoms with Gasteiger partial charge in [0.1, 0.15) is 17.2 Å². The van der Waals surface area contributed by atoms with Crippen LogP contribution in [0.2, 0.25) is 0 Å². The lowest BCUT2D eigenvalue weighted by molar-refractivity contribution is -0.137. The van der Waals surface area contributed by atoms with E-state index in [0.717, 1.165) is 37.3 Å². The van der Waals surface area contributed by atoms with Gasteiger partial charge in [0.25, 0.3) is 5.91 Å². The number of aromatic nitrogens is 3. The summed E-state index contributed by atoms with van der Waals surface area (Å²) in [5.74, 6) is -0.554. The molecule has 8 nitrogen and oxygen atoms in total. The van der Waals surface area contributed by atoms with E-state index in [4.69, 9.17) is 10.5 Å². The predicted octanol–water partition coefficient (Wildman–Crippen LogP) is 3.35. The number of nitrogens with one attached hydrogen (secondary N) is 1. The Kier molecular flexibility index (Phi) is 5.74. The molecule has 3 aromatic rings. The number of rotatable bonds is 5. The molecule has 4 rings (SSSR count). The molecule has 0 spiro atoms. The molecule has 0 aliphatic carbocycles. The van der Waals surface area contributed by atoms with Gasteiger partial charge in [-0.05, 0) is 30.7 Å². The number of carbonyl (C=O) groups excluding carboxylic acids is 1. The highest BCUT2D eigenvalue weighted by molar-refractivity contribution is 6.06. The summed E-state index contributed by atoms with van der Waals surface area (Å²) in [6, 6.07) is 9.46. The average Bonchev–Trinajstić information content (AvgIpc) is 3.40. The van der Waals surface area contributed by atoms with Gasteiger partial charge >= 0.3 is 6.18 Å². The number of benzene rings is 1. The first-order valence-corrected chi connectivity index (χ1v) is 9.83. The Labute approximate surface area is 181 Å². The van der Waals surface area contributed by atoms with Gasteiger partial charge in [0.2, 0.25) is 0 Å². The molecular formula is C21H21F3N6O2. The number of halogens is 3. The smallest absolute Gasteiger partial charge is 0.383 e. The van der Waals surface area contributed by atoms with Crippen LogP contribution in [0.15, 0.2) is 48.8 Å². The number of nitrogens with zero attached hydrogens (tertiary/aromatic N) is 4. The normalized spacial score (nSPS) is 16.4. The number of carbonyl (C=O) groups is 1. The van der Waals surface area contributed by atoms with Gasteiger partial charge in [0.15, 0.2) is 0 Å². The predicted molar refractivity (Wildman–Crippen MR) is 113 cm³/mol. The van der Waals surface area contributed by atoms with E-state index in [0.29, 0.717) is 11.9 Å². The molecule has 1 saturated heterocycles. The topological polar surface area (TPSA) is 98.3 Å². The van der Waals surface area contributed by atoms with Crippen molar-refractivity contribution in [1.29, 1.82) is 0 Å². The summed E-state index contributed by atoms with van der Waals surface area (Å²) >= 11 is 0. The molecule has 0 saturated carbocycles. The molecule has 32 heavy (non-hydrogen) atoms. The molecule has 11 heteroatoms. The van der Waals surface area contributed by atoms with E-state index < -0.39 is 17.6 Å². The number of amides is 1. The molecule has 1 atom stereocenters. The lowest BCUT2D eigenvalue weighted by atomic mass is 10.2. The first-order chi connectivity index (χ1) is 15.3. The highest BCUT2D eigenvalue weighted by Gasteiger charge is 2.31. The molecule has 0 radical (unpaired) electrons. The van der Waals surface area contributed by atoms with E-state index in [1.807, 2.05) is 24.3 Å². The SMILES string of the molecule is COC1CCN(c2ccccc2-n2ncc(C(=O)Nc3ccc(C(F)(F)F)cn3)c2N)C1. The number of nitrogens with two attached hydrogens (primary N) is 1. The third-order valence-corrected chi connectivity index (χ3v) is 5.31. The summed E-state index contributed by atoms with van der Waals surface area (Å²) in [7, 11) is 1.68. The van der Waals surface area contributed by atoms with Crippen LogP contribution in [0.3, 0.4) is 0 Å². The monoisotopic (exact) mass is 446 g/mol. The number of nitrogen functional groups attached to an aromatic ring is 1. The molecule has 1 unspecified atom stereocenters. The molecule has 1 aliphatic heterocycles. The second-order valence-corrected chi connectivity index (χ2v) is 7.32. The Balaban J connectivity index is 1.56. The fourth-order valence-electron chi connectivity index (χ4n) is 3.59. The van der Waals surface area contributed by atoms with Crippen LogP contribution < -0.4 is 16.0 Å². The maximum absolute atomic E-state index is 12.7. The van der Waals surface area contributed by atoms with Crippen LogP contribution in [0.4, 0.5) is 30.5 Å². The molecule has 1 aliphatic rings. The van der Waals surface area contributed by atoms with Gasteiger partial charge in [0, 0.05) is 26.4 Å². The van der Waals surface area contributed by atoms with Crippen molar-refractivity contribution in [2.24, 2.45) is 0 Å². The van der Waals surface area contributed by atoms with E-state index in [1.54, 1.807) is 7.11 Å². The van der Waals surface area contributed by atoms with Gasteiger partial charge in [0.05, 0.1) is 29.2 Å². The first kappa shape index (κ1) is 21.6. The summed E-state index contributed by atoms with van der Waals surface area (Å²) in [5, 5.41) is 6.72. The molecule has 1 fully saturated rings. The number of para-hydroxylation sites is 2. The van der Waals surface area contributed by atoms with E-state index in [1.165, 1.54) is 10.9 Å². The number of ether oxygens (including phenoxy) is 1. The molecule has 3 heterocycles. The second-order valence-electron chi connectivity index (χ2n) is 7.32. The maximum atomic E-state index is 12.7. The summed E-state index contributed by atoms with van der Waals surface area (Å²) < 4.78 is 45.0. The van der Waals surface area contributed by atoms with E-state index in [2.05, 4.69) is 20.3 Å². The van der Waals surface area contributed by atoms with E-state index in [-0.39, 0.29) is 23.3 Å². The number of anilines is 3. The lowest BCUT2D eigenvalue weighted by Gasteiger charge is -2.22. The fourth-order valence-corrected chi connectivity index (χ4v) is 3.59. The van der Waals surface area contributed by atoms with Crippen LogP contribution in [0.1, 0.15) is 22.3 Å². The van der Waals surface area contributed by atoms with Crippen molar-refractivity contribution in [2.45, 2.75) is 18.7 Å². The second kappa shape index (κ2) is 8.50. The van der Waals surface area contributed by atoms with Crippen LogP contribution in [0.5, 0.6) is 0 Å². The highest BCUT2D eigenvalue weighted by atomic mass is 19.4. The van der Waals surface area contributed by atoms with E-state index in [9.17, 15) is 18.0 Å². The van der Waals surface area contributed by atoms with Crippen LogP contribution in [0, 0.1) is 0 Å². The Morgan fingerprint density at radius 3 is 2.56 bits per heavy atom. The van der Waals surface area contributed by atoms with Crippen LogP contribution in [0.25, 0.3) is 5.69 Å². The quantitative estimate of drug-likeness (QED) is 0.624. The van der Waals surface area contributed by atoms with Gasteiger partial charge in [-0.25, -0.2) is 9.67 Å². The lowest BCUT2D eigenvalue weighted by Crippen LogP contribution is -2.24.